The quantitative estimate of drug-likeness (QED) is 0.644. The van der Waals surface area contributed by atoms with Crippen LogP contribution in [0.25, 0.3) is 0 Å². The van der Waals surface area contributed by atoms with Crippen molar-refractivity contribution in [1.82, 2.24) is 10.3 Å². The first-order valence-electron chi connectivity index (χ1n) is 6.88. The van der Waals surface area contributed by atoms with Gasteiger partial charge in [-0.1, -0.05) is 6.07 Å². The molecular weight excluding hydrogens is 272 g/mol. The lowest BCUT2D eigenvalue weighted by Gasteiger charge is -2.19. The van der Waals surface area contributed by atoms with E-state index in [0.717, 1.165) is 5.56 Å². The van der Waals surface area contributed by atoms with Crippen LogP contribution < -0.4 is 5.32 Å². The number of esters is 1. The monoisotopic (exact) mass is 294 g/mol. The van der Waals surface area contributed by atoms with E-state index in [1.165, 1.54) is 0 Å². The Labute approximate surface area is 124 Å². The highest BCUT2D eigenvalue weighted by molar-refractivity contribution is 5.70. The minimum absolute atomic E-state index is 0.214. The molecule has 1 N–H and O–H groups in total. The topological polar surface area (TPSA) is 77.5 Å². The Balaban J connectivity index is 2.10. The Bertz CT molecular complexity index is 454. The molecule has 0 unspecified atom stereocenters. The van der Waals surface area contributed by atoms with Gasteiger partial charge < -0.3 is 14.8 Å². The maximum absolute atomic E-state index is 11.5. The minimum Gasteiger partial charge on any atom is -0.461 e. The van der Waals surface area contributed by atoms with Crippen LogP contribution in [0.15, 0.2) is 24.5 Å². The van der Waals surface area contributed by atoms with Gasteiger partial charge in [0.25, 0.3) is 0 Å². The number of aromatic nitrogens is 1. The second-order valence-corrected chi connectivity index (χ2v) is 5.55. The lowest BCUT2D eigenvalue weighted by Crippen LogP contribution is -2.33. The van der Waals surface area contributed by atoms with Crippen molar-refractivity contribution in [1.29, 1.82) is 0 Å². The van der Waals surface area contributed by atoms with Crippen molar-refractivity contribution in [2.75, 3.05) is 6.54 Å². The van der Waals surface area contributed by atoms with Gasteiger partial charge in [0, 0.05) is 30.9 Å². The molecule has 1 amide bonds. The number of pyridine rings is 1. The van der Waals surface area contributed by atoms with Crippen LogP contribution >= 0.6 is 0 Å². The molecule has 1 aromatic rings. The third kappa shape index (κ3) is 8.62. The fourth-order valence-electron chi connectivity index (χ4n) is 1.46. The average Bonchev–Trinajstić information content (AvgIpc) is 2.40. The fourth-order valence-corrected chi connectivity index (χ4v) is 1.46. The maximum atomic E-state index is 11.5. The SMILES string of the molecule is CC(C)(C)OC(=O)NCCCC(=O)OCc1cccnc1. The molecule has 0 aromatic carbocycles. The summed E-state index contributed by atoms with van der Waals surface area (Å²) in [5.41, 5.74) is 0.324. The largest absolute Gasteiger partial charge is 0.461 e. The zero-order valence-electron chi connectivity index (χ0n) is 12.7. The Morgan fingerprint density at radius 3 is 2.71 bits per heavy atom. The molecule has 0 radical (unpaired) electrons. The van der Waals surface area contributed by atoms with Crippen molar-refractivity contribution in [2.24, 2.45) is 0 Å². The third-order valence-corrected chi connectivity index (χ3v) is 2.35. The van der Waals surface area contributed by atoms with Gasteiger partial charge in [-0.05, 0) is 33.3 Å². The van der Waals surface area contributed by atoms with Crippen LogP contribution in [0.4, 0.5) is 4.79 Å². The molecule has 0 bridgehead atoms. The zero-order chi connectivity index (χ0) is 15.7. The molecule has 0 aliphatic carbocycles. The van der Waals surface area contributed by atoms with Gasteiger partial charge in [-0.25, -0.2) is 4.79 Å². The number of rotatable bonds is 6. The third-order valence-electron chi connectivity index (χ3n) is 2.35. The normalized spacial score (nSPS) is 10.8. The molecule has 1 aromatic heterocycles. The van der Waals surface area contributed by atoms with Crippen LogP contribution in [0.3, 0.4) is 0 Å². The predicted octanol–water partition coefficient (Wildman–Crippen LogP) is 2.43. The van der Waals surface area contributed by atoms with Crippen molar-refractivity contribution in [3.05, 3.63) is 30.1 Å². The summed E-state index contributed by atoms with van der Waals surface area (Å²) in [6.07, 6.45) is 3.58. The predicted molar refractivity (Wildman–Crippen MR) is 77.5 cm³/mol. The summed E-state index contributed by atoms with van der Waals surface area (Å²) < 4.78 is 10.2. The van der Waals surface area contributed by atoms with Gasteiger partial charge in [-0.2, -0.15) is 0 Å². The van der Waals surface area contributed by atoms with Gasteiger partial charge in [-0.15, -0.1) is 0 Å². The Hall–Kier alpha value is -2.11. The lowest BCUT2D eigenvalue weighted by atomic mass is 10.2. The molecule has 0 saturated heterocycles. The van der Waals surface area contributed by atoms with Crippen LogP contribution in [-0.4, -0.2) is 29.2 Å². The van der Waals surface area contributed by atoms with E-state index < -0.39 is 11.7 Å². The van der Waals surface area contributed by atoms with E-state index in [2.05, 4.69) is 10.3 Å². The van der Waals surface area contributed by atoms with E-state index >= 15 is 0 Å². The van der Waals surface area contributed by atoms with Crippen LogP contribution in [0.1, 0.15) is 39.2 Å². The van der Waals surface area contributed by atoms with Gasteiger partial charge >= 0.3 is 12.1 Å². The van der Waals surface area contributed by atoms with Crippen LogP contribution in [-0.2, 0) is 20.9 Å². The van der Waals surface area contributed by atoms with E-state index in [-0.39, 0.29) is 19.0 Å². The molecule has 116 valence electrons. The zero-order valence-corrected chi connectivity index (χ0v) is 12.7. The molecule has 6 heteroatoms. The number of carbonyl (C=O) groups is 2. The first-order valence-corrected chi connectivity index (χ1v) is 6.88. The lowest BCUT2D eigenvalue weighted by molar-refractivity contribution is -0.145. The van der Waals surface area contributed by atoms with E-state index in [4.69, 9.17) is 9.47 Å². The minimum atomic E-state index is -0.521. The van der Waals surface area contributed by atoms with Crippen molar-refractivity contribution in [3.8, 4) is 0 Å². The smallest absolute Gasteiger partial charge is 0.407 e. The maximum Gasteiger partial charge on any atom is 0.407 e. The second-order valence-electron chi connectivity index (χ2n) is 5.55. The van der Waals surface area contributed by atoms with E-state index in [1.807, 2.05) is 6.07 Å². The summed E-state index contributed by atoms with van der Waals surface area (Å²) in [6, 6.07) is 3.62. The molecule has 0 aliphatic heterocycles. The molecule has 6 nitrogen and oxygen atoms in total. The van der Waals surface area contributed by atoms with Crippen molar-refractivity contribution < 1.29 is 19.1 Å². The number of nitrogens with zero attached hydrogens (tertiary/aromatic N) is 1. The Kier molecular flexibility index (Phi) is 6.65. The molecule has 0 fully saturated rings. The molecule has 0 saturated carbocycles. The van der Waals surface area contributed by atoms with Gasteiger partial charge in [0.15, 0.2) is 0 Å². The Morgan fingerprint density at radius 2 is 2.10 bits per heavy atom. The number of alkyl carbamates (subject to hydrolysis) is 1. The fraction of sp³-hybridized carbons (Fsp3) is 0.533. The Morgan fingerprint density at radius 1 is 1.33 bits per heavy atom. The second kappa shape index (κ2) is 8.24. The van der Waals surface area contributed by atoms with Crippen LogP contribution in [0.2, 0.25) is 0 Å². The summed E-state index contributed by atoms with van der Waals surface area (Å²) in [5, 5.41) is 2.59. The van der Waals surface area contributed by atoms with Gasteiger partial charge in [0.2, 0.25) is 0 Å². The highest BCUT2D eigenvalue weighted by atomic mass is 16.6. The summed E-state index contributed by atoms with van der Waals surface area (Å²) in [5.74, 6) is -0.301. The average molecular weight is 294 g/mol. The van der Waals surface area contributed by atoms with Crippen molar-refractivity contribution in [2.45, 2.75) is 45.8 Å². The summed E-state index contributed by atoms with van der Waals surface area (Å²) in [6.45, 7) is 5.97. The number of ether oxygens (including phenoxy) is 2. The van der Waals surface area contributed by atoms with Crippen molar-refractivity contribution >= 4 is 12.1 Å². The van der Waals surface area contributed by atoms with Gasteiger partial charge in [-0.3, -0.25) is 9.78 Å². The summed E-state index contributed by atoms with van der Waals surface area (Å²) in [4.78, 5) is 26.8. The number of amides is 1. The highest BCUT2D eigenvalue weighted by Crippen LogP contribution is 2.06. The standard InChI is InChI=1S/C15H22N2O4/c1-15(2,3)21-14(19)17-9-5-7-13(18)20-11-12-6-4-8-16-10-12/h4,6,8,10H,5,7,9,11H2,1-3H3,(H,17,19). The molecule has 1 rings (SSSR count). The first kappa shape index (κ1) is 16.9. The summed E-state index contributed by atoms with van der Waals surface area (Å²) in [7, 11) is 0. The first-order chi connectivity index (χ1) is 9.87. The molecule has 0 aliphatic rings. The van der Waals surface area contributed by atoms with E-state index in [1.54, 1.807) is 39.2 Å². The molecule has 1 heterocycles. The van der Waals surface area contributed by atoms with Gasteiger partial charge in [0.1, 0.15) is 12.2 Å². The number of hydrogen-bond acceptors (Lipinski definition) is 5. The summed E-state index contributed by atoms with van der Waals surface area (Å²) >= 11 is 0. The van der Waals surface area contributed by atoms with E-state index in [9.17, 15) is 9.59 Å². The number of carbonyl (C=O) groups excluding carboxylic acids is 2. The van der Waals surface area contributed by atoms with Crippen molar-refractivity contribution in [3.63, 3.8) is 0 Å². The van der Waals surface area contributed by atoms with E-state index in [0.29, 0.717) is 13.0 Å². The van der Waals surface area contributed by atoms with Gasteiger partial charge in [0.05, 0.1) is 0 Å². The molecule has 21 heavy (non-hydrogen) atoms. The molecule has 0 spiro atoms. The number of nitrogens with one attached hydrogen (secondary N) is 1. The van der Waals surface area contributed by atoms with Crippen LogP contribution in [0, 0.1) is 0 Å². The molecular formula is C15H22N2O4. The number of hydrogen-bond donors (Lipinski definition) is 1. The molecule has 0 atom stereocenters. The highest BCUT2D eigenvalue weighted by Gasteiger charge is 2.15. The van der Waals surface area contributed by atoms with Crippen LogP contribution in [0.5, 0.6) is 0 Å².